The molecule has 0 amide bonds. The number of nitrogens with zero attached hydrogens (tertiary/aromatic N) is 7. The SMILES string of the molecule is O=C(O[C@]1(n2cc(CO)cn2)CC[C@@H](n2cnc3c(NCC(c4ccccc4)c4ccccc4)nc(NCCN4CCCCC4)nc32)[C@@H]1O)C(F)(F)F. The molecule has 3 atom stereocenters. The van der Waals surface area contributed by atoms with Gasteiger partial charge in [0.05, 0.1) is 25.2 Å². The molecule has 1 aliphatic carbocycles. The molecule has 4 N–H and O–H groups in total. The number of rotatable bonds is 13. The highest BCUT2D eigenvalue weighted by Gasteiger charge is 2.57. The number of benzene rings is 2. The number of hydrogen-bond acceptors (Lipinski definition) is 11. The number of piperidine rings is 1. The fraction of sp³-hybridized carbons (Fsp3) is 0.432. The van der Waals surface area contributed by atoms with Crippen molar-refractivity contribution in [3.63, 3.8) is 0 Å². The first-order valence-electron chi connectivity index (χ1n) is 17.8. The largest absolute Gasteiger partial charge is 0.491 e. The number of ether oxygens (including phenoxy) is 1. The Balaban J connectivity index is 1.23. The lowest BCUT2D eigenvalue weighted by Crippen LogP contribution is -2.49. The van der Waals surface area contributed by atoms with E-state index in [4.69, 9.17) is 14.7 Å². The van der Waals surface area contributed by atoms with Crippen LogP contribution in [0.25, 0.3) is 11.2 Å². The highest BCUT2D eigenvalue weighted by Crippen LogP contribution is 2.46. The van der Waals surface area contributed by atoms with Gasteiger partial charge in [0.1, 0.15) is 6.10 Å². The van der Waals surface area contributed by atoms with Crippen LogP contribution in [0.1, 0.15) is 60.8 Å². The number of anilines is 2. The van der Waals surface area contributed by atoms with Crippen molar-refractivity contribution in [3.8, 4) is 0 Å². The Morgan fingerprint density at radius 2 is 1.70 bits per heavy atom. The number of imidazole rings is 1. The van der Waals surface area contributed by atoms with Gasteiger partial charge < -0.3 is 35.1 Å². The summed E-state index contributed by atoms with van der Waals surface area (Å²) in [6.45, 7) is 3.42. The maximum atomic E-state index is 13.5. The van der Waals surface area contributed by atoms with Gasteiger partial charge in [0.15, 0.2) is 17.0 Å². The van der Waals surface area contributed by atoms with Crippen molar-refractivity contribution in [2.75, 3.05) is 43.4 Å². The van der Waals surface area contributed by atoms with E-state index in [9.17, 15) is 28.2 Å². The Kier molecular flexibility index (Phi) is 10.6. The lowest BCUT2D eigenvalue weighted by atomic mass is 9.91. The highest BCUT2D eigenvalue weighted by atomic mass is 19.4. The summed E-state index contributed by atoms with van der Waals surface area (Å²) in [7, 11) is 0. The van der Waals surface area contributed by atoms with Crippen molar-refractivity contribution >= 4 is 28.9 Å². The van der Waals surface area contributed by atoms with Crippen LogP contribution >= 0.6 is 0 Å². The molecule has 4 heterocycles. The van der Waals surface area contributed by atoms with Crippen LogP contribution in [0.15, 0.2) is 79.4 Å². The molecule has 13 nitrogen and oxygen atoms in total. The lowest BCUT2D eigenvalue weighted by Gasteiger charge is -2.34. The zero-order chi connectivity index (χ0) is 37.0. The van der Waals surface area contributed by atoms with Crippen molar-refractivity contribution in [2.24, 2.45) is 0 Å². The lowest BCUT2D eigenvalue weighted by molar-refractivity contribution is -0.237. The number of likely N-dealkylation sites (tertiary alicyclic amines) is 1. The monoisotopic (exact) mass is 733 g/mol. The first kappa shape index (κ1) is 36.3. The normalized spacial score (nSPS) is 20.9. The number of hydrogen-bond donors (Lipinski definition) is 4. The van der Waals surface area contributed by atoms with E-state index in [1.165, 1.54) is 25.1 Å². The molecule has 16 heteroatoms. The zero-order valence-electron chi connectivity index (χ0n) is 29.0. The summed E-state index contributed by atoms with van der Waals surface area (Å²) in [6.07, 6.45) is 0.340. The second kappa shape index (κ2) is 15.5. The number of alkyl halides is 3. The van der Waals surface area contributed by atoms with Gasteiger partial charge in [-0.05, 0) is 43.5 Å². The quantitative estimate of drug-likeness (QED) is 0.123. The van der Waals surface area contributed by atoms with E-state index in [1.807, 2.05) is 36.4 Å². The summed E-state index contributed by atoms with van der Waals surface area (Å²) in [5.74, 6) is -1.75. The van der Waals surface area contributed by atoms with E-state index in [1.54, 1.807) is 4.57 Å². The van der Waals surface area contributed by atoms with E-state index in [-0.39, 0.29) is 24.3 Å². The number of carbonyl (C=O) groups excluding carboxylic acids is 1. The summed E-state index contributed by atoms with van der Waals surface area (Å²) in [4.78, 5) is 28.9. The molecule has 5 aromatic rings. The fourth-order valence-corrected chi connectivity index (χ4v) is 7.40. The summed E-state index contributed by atoms with van der Waals surface area (Å²) >= 11 is 0. The van der Waals surface area contributed by atoms with Gasteiger partial charge in [0.2, 0.25) is 11.7 Å². The van der Waals surface area contributed by atoms with Crippen molar-refractivity contribution in [2.45, 2.75) is 68.7 Å². The van der Waals surface area contributed by atoms with E-state index in [2.05, 4.69) is 49.9 Å². The molecular formula is C37H42F3N9O4. The third-order valence-corrected chi connectivity index (χ3v) is 10.1. The molecule has 1 aliphatic heterocycles. The minimum absolute atomic E-state index is 0.0431. The summed E-state index contributed by atoms with van der Waals surface area (Å²) < 4.78 is 48.3. The first-order chi connectivity index (χ1) is 25.7. The molecule has 7 rings (SSSR count). The second-order valence-corrected chi connectivity index (χ2v) is 13.5. The molecule has 2 fully saturated rings. The van der Waals surface area contributed by atoms with E-state index < -0.39 is 36.6 Å². The fourth-order valence-electron chi connectivity index (χ4n) is 7.40. The van der Waals surface area contributed by atoms with Gasteiger partial charge >= 0.3 is 12.1 Å². The van der Waals surface area contributed by atoms with Crippen LogP contribution in [0.3, 0.4) is 0 Å². The Bertz CT molecular complexity index is 1950. The van der Waals surface area contributed by atoms with Crippen LogP contribution in [-0.4, -0.2) is 95.4 Å². The standard InChI is InChI=1S/C37H42F3N9O4/c38-37(39,40)34(52)53-36(49-22-25(23-50)20-44-49)15-14-29(31(36)51)48-24-43-30-32(45-35(46-33(30)48)41-16-19-47-17-8-3-9-18-47)42-21-28(26-10-4-1-5-11-26)27-12-6-2-7-13-27/h1-2,4-7,10-13,20,22,24,28-29,31,50-51H,3,8-9,14-19,21,23H2,(H2,41,42,45,46)/t29-,31+,36-/m1/s1. The van der Waals surface area contributed by atoms with Gasteiger partial charge in [-0.2, -0.15) is 28.2 Å². The molecule has 0 radical (unpaired) electrons. The topological polar surface area (TPSA) is 155 Å². The average molecular weight is 734 g/mol. The maximum Gasteiger partial charge on any atom is 0.491 e. The zero-order valence-corrected chi connectivity index (χ0v) is 29.0. The molecule has 2 aliphatic rings. The van der Waals surface area contributed by atoms with Crippen molar-refractivity contribution in [1.82, 2.24) is 34.2 Å². The number of nitrogens with one attached hydrogen (secondary N) is 2. The van der Waals surface area contributed by atoms with Gasteiger partial charge in [-0.15, -0.1) is 0 Å². The third kappa shape index (κ3) is 7.70. The summed E-state index contributed by atoms with van der Waals surface area (Å²) in [5, 5.41) is 32.4. The smallest absolute Gasteiger partial charge is 0.427 e. The minimum Gasteiger partial charge on any atom is -0.427 e. The van der Waals surface area contributed by atoms with Crippen LogP contribution in [0.4, 0.5) is 24.9 Å². The van der Waals surface area contributed by atoms with Crippen molar-refractivity contribution in [3.05, 3.63) is 96.1 Å². The molecule has 0 spiro atoms. The molecule has 280 valence electrons. The van der Waals surface area contributed by atoms with Gasteiger partial charge in [-0.3, -0.25) is 0 Å². The van der Waals surface area contributed by atoms with Gasteiger partial charge in [0, 0.05) is 43.7 Å². The number of fused-ring (bicyclic) bond motifs is 1. The Morgan fingerprint density at radius 1 is 1.00 bits per heavy atom. The maximum absolute atomic E-state index is 13.5. The van der Waals surface area contributed by atoms with E-state index in [0.717, 1.165) is 48.3 Å². The number of aliphatic hydroxyl groups excluding tert-OH is 2. The molecule has 1 saturated carbocycles. The Morgan fingerprint density at radius 3 is 2.34 bits per heavy atom. The molecular weight excluding hydrogens is 691 g/mol. The van der Waals surface area contributed by atoms with Gasteiger partial charge in [-0.25, -0.2) is 14.5 Å². The van der Waals surface area contributed by atoms with Gasteiger partial charge in [0.25, 0.3) is 0 Å². The minimum atomic E-state index is -5.32. The summed E-state index contributed by atoms with van der Waals surface area (Å²) in [6, 6.07) is 19.3. The number of halogens is 3. The average Bonchev–Trinajstić information content (AvgIpc) is 3.91. The molecule has 2 aromatic carbocycles. The molecule has 0 unspecified atom stereocenters. The number of aromatic nitrogens is 6. The second-order valence-electron chi connectivity index (χ2n) is 13.5. The van der Waals surface area contributed by atoms with E-state index in [0.29, 0.717) is 36.0 Å². The number of carbonyl (C=O) groups is 1. The molecule has 1 saturated heterocycles. The molecule has 53 heavy (non-hydrogen) atoms. The first-order valence-corrected chi connectivity index (χ1v) is 17.8. The van der Waals surface area contributed by atoms with Crippen LogP contribution in [0.2, 0.25) is 0 Å². The third-order valence-electron chi connectivity index (χ3n) is 10.1. The van der Waals surface area contributed by atoms with Crippen LogP contribution < -0.4 is 10.6 Å². The Labute approximate surface area is 303 Å². The number of aliphatic hydroxyl groups is 2. The molecule has 0 bridgehead atoms. The van der Waals surface area contributed by atoms with Crippen LogP contribution in [0, 0.1) is 0 Å². The van der Waals surface area contributed by atoms with E-state index >= 15 is 0 Å². The van der Waals surface area contributed by atoms with Crippen molar-refractivity contribution in [1.29, 1.82) is 0 Å². The molecule has 3 aromatic heterocycles. The van der Waals surface area contributed by atoms with Crippen molar-refractivity contribution < 1.29 is 32.9 Å². The predicted molar refractivity (Wildman–Crippen MR) is 190 cm³/mol. The van der Waals surface area contributed by atoms with Crippen LogP contribution in [0.5, 0.6) is 0 Å². The summed E-state index contributed by atoms with van der Waals surface area (Å²) in [5.41, 5.74) is 0.975. The van der Waals surface area contributed by atoms with Crippen LogP contribution in [-0.2, 0) is 21.9 Å². The number of esters is 1. The van der Waals surface area contributed by atoms with Gasteiger partial charge in [-0.1, -0.05) is 67.1 Å². The Hall–Kier alpha value is -5.06. The highest BCUT2D eigenvalue weighted by molar-refractivity contribution is 5.84. The predicted octanol–water partition coefficient (Wildman–Crippen LogP) is 4.81.